The predicted octanol–water partition coefficient (Wildman–Crippen LogP) is 3.22. The molecule has 0 radical (unpaired) electrons. The highest BCUT2D eigenvalue weighted by molar-refractivity contribution is 6.03. The lowest BCUT2D eigenvalue weighted by Crippen LogP contribution is -2.62. The molecule has 6 nitrogen and oxygen atoms in total. The van der Waals surface area contributed by atoms with Crippen molar-refractivity contribution in [1.82, 2.24) is 20.0 Å². The molecule has 1 aromatic heterocycles. The van der Waals surface area contributed by atoms with Crippen LogP contribution in [0.15, 0.2) is 30.5 Å². The third-order valence-corrected chi connectivity index (χ3v) is 5.99. The summed E-state index contributed by atoms with van der Waals surface area (Å²) in [5.41, 5.74) is 0.653. The number of hydrogen-bond donors (Lipinski definition) is 1. The Morgan fingerprint density at radius 1 is 1.25 bits per heavy atom. The number of likely N-dealkylation sites (tertiary alicyclic amines) is 2. The Hall–Kier alpha value is -2.70. The fourth-order valence-corrected chi connectivity index (χ4v) is 4.62. The van der Waals surface area contributed by atoms with Crippen molar-refractivity contribution < 1.29 is 14.0 Å². The van der Waals surface area contributed by atoms with E-state index in [-0.39, 0.29) is 23.7 Å². The van der Waals surface area contributed by atoms with Gasteiger partial charge in [-0.25, -0.2) is 4.39 Å². The van der Waals surface area contributed by atoms with Gasteiger partial charge in [0.2, 0.25) is 5.91 Å². The zero-order valence-electron chi connectivity index (χ0n) is 16.2. The Morgan fingerprint density at radius 2 is 2.00 bits per heavy atom. The summed E-state index contributed by atoms with van der Waals surface area (Å²) < 4.78 is 13.7. The van der Waals surface area contributed by atoms with E-state index in [1.165, 1.54) is 18.3 Å². The van der Waals surface area contributed by atoms with Crippen LogP contribution < -0.4 is 0 Å². The molecule has 28 heavy (non-hydrogen) atoms. The Kier molecular flexibility index (Phi) is 4.69. The highest BCUT2D eigenvalue weighted by Gasteiger charge is 2.53. The molecule has 4 rings (SSSR count). The van der Waals surface area contributed by atoms with Crippen LogP contribution in [0.25, 0.3) is 11.3 Å². The molecule has 148 valence electrons. The van der Waals surface area contributed by atoms with Gasteiger partial charge in [-0.2, -0.15) is 5.10 Å². The summed E-state index contributed by atoms with van der Waals surface area (Å²) in [6.45, 7) is 5.30. The predicted molar refractivity (Wildman–Crippen MR) is 103 cm³/mol. The quantitative estimate of drug-likeness (QED) is 0.883. The summed E-state index contributed by atoms with van der Waals surface area (Å²) in [6, 6.07) is 6.18. The van der Waals surface area contributed by atoms with Crippen LogP contribution in [0.4, 0.5) is 4.39 Å². The Morgan fingerprint density at radius 3 is 2.71 bits per heavy atom. The number of carbonyl (C=O) groups excluding carboxylic acids is 2. The molecule has 1 aromatic carbocycles. The zero-order valence-corrected chi connectivity index (χ0v) is 16.2. The summed E-state index contributed by atoms with van der Waals surface area (Å²) in [6.07, 6.45) is 4.54. The molecule has 2 fully saturated rings. The maximum absolute atomic E-state index is 13.7. The summed E-state index contributed by atoms with van der Waals surface area (Å²) in [4.78, 5) is 30.4. The largest absolute Gasteiger partial charge is 0.338 e. The van der Waals surface area contributed by atoms with Crippen molar-refractivity contribution in [2.45, 2.75) is 51.1 Å². The van der Waals surface area contributed by atoms with Crippen molar-refractivity contribution in [2.75, 3.05) is 13.1 Å². The fraction of sp³-hybridized carbons (Fsp3) is 0.476. The molecule has 7 heteroatoms. The number of amides is 2. The molecular formula is C21H25FN4O2. The fourth-order valence-electron chi connectivity index (χ4n) is 4.62. The van der Waals surface area contributed by atoms with E-state index in [1.807, 2.05) is 18.7 Å². The van der Waals surface area contributed by atoms with Gasteiger partial charge in [0, 0.05) is 24.7 Å². The minimum absolute atomic E-state index is 0.0513. The number of rotatable bonds is 3. The standard InChI is InChI=1S/C21H25FN4O2/c1-14(2)25-10-4-8-21(20(25)28)9-5-11-26(21)19(27)17-13-23-24-18(17)15-6-3-7-16(22)12-15/h3,6-7,12-14H,4-5,8-11H2,1-2H3,(H,23,24). The van der Waals surface area contributed by atoms with E-state index < -0.39 is 5.54 Å². The number of aromatic amines is 1. The lowest BCUT2D eigenvalue weighted by Gasteiger charge is -2.46. The topological polar surface area (TPSA) is 69.3 Å². The Bertz CT molecular complexity index is 909. The summed E-state index contributed by atoms with van der Waals surface area (Å²) >= 11 is 0. The monoisotopic (exact) mass is 384 g/mol. The lowest BCUT2D eigenvalue weighted by atomic mass is 9.84. The molecule has 2 aromatic rings. The average Bonchev–Trinajstić information content (AvgIpc) is 3.31. The van der Waals surface area contributed by atoms with Gasteiger partial charge in [0.05, 0.1) is 17.5 Å². The molecule has 0 saturated carbocycles. The van der Waals surface area contributed by atoms with Crippen LogP contribution >= 0.6 is 0 Å². The molecule has 1 unspecified atom stereocenters. The summed E-state index contributed by atoms with van der Waals surface area (Å²) in [5, 5.41) is 6.85. The SMILES string of the molecule is CC(C)N1CCCC2(CCCN2C(=O)c2cn[nH]c2-c2cccc(F)c2)C1=O. The van der Waals surface area contributed by atoms with Crippen LogP contribution in [0.1, 0.15) is 49.9 Å². The second-order valence-corrected chi connectivity index (χ2v) is 7.96. The van der Waals surface area contributed by atoms with Gasteiger partial charge in [-0.05, 0) is 51.7 Å². The molecule has 2 amide bonds. The molecule has 2 aliphatic heterocycles. The van der Waals surface area contributed by atoms with Crippen LogP contribution in [-0.4, -0.2) is 56.5 Å². The number of piperidine rings is 1. The third kappa shape index (κ3) is 2.89. The number of carbonyl (C=O) groups is 2. The number of nitrogens with zero attached hydrogens (tertiary/aromatic N) is 3. The van der Waals surface area contributed by atoms with Gasteiger partial charge >= 0.3 is 0 Å². The van der Waals surface area contributed by atoms with Gasteiger partial charge in [0.25, 0.3) is 5.91 Å². The van der Waals surface area contributed by atoms with Crippen molar-refractivity contribution >= 4 is 11.8 Å². The minimum atomic E-state index is -0.768. The van der Waals surface area contributed by atoms with Crippen molar-refractivity contribution in [1.29, 1.82) is 0 Å². The van der Waals surface area contributed by atoms with E-state index in [9.17, 15) is 14.0 Å². The smallest absolute Gasteiger partial charge is 0.258 e. The van der Waals surface area contributed by atoms with Gasteiger partial charge < -0.3 is 9.80 Å². The van der Waals surface area contributed by atoms with Crippen LogP contribution in [0, 0.1) is 5.82 Å². The highest BCUT2D eigenvalue weighted by atomic mass is 19.1. The first-order chi connectivity index (χ1) is 13.4. The molecule has 2 saturated heterocycles. The normalized spacial score (nSPS) is 22.5. The number of halogens is 1. The molecular weight excluding hydrogens is 359 g/mol. The first-order valence-electron chi connectivity index (χ1n) is 9.86. The van der Waals surface area contributed by atoms with Crippen LogP contribution in [0.2, 0.25) is 0 Å². The minimum Gasteiger partial charge on any atom is -0.338 e. The van der Waals surface area contributed by atoms with Gasteiger partial charge in [0.15, 0.2) is 0 Å². The van der Waals surface area contributed by atoms with E-state index in [0.717, 1.165) is 19.4 Å². The number of H-pyrrole nitrogens is 1. The van der Waals surface area contributed by atoms with Crippen molar-refractivity contribution in [3.05, 3.63) is 41.8 Å². The maximum atomic E-state index is 13.7. The molecule has 0 aliphatic carbocycles. The second kappa shape index (κ2) is 7.04. The van der Waals surface area contributed by atoms with E-state index in [1.54, 1.807) is 17.0 Å². The van der Waals surface area contributed by atoms with Crippen LogP contribution in [-0.2, 0) is 4.79 Å². The van der Waals surface area contributed by atoms with Crippen LogP contribution in [0.3, 0.4) is 0 Å². The number of aromatic nitrogens is 2. The molecule has 3 heterocycles. The molecule has 1 spiro atoms. The highest BCUT2D eigenvalue weighted by Crippen LogP contribution is 2.40. The number of benzene rings is 1. The lowest BCUT2D eigenvalue weighted by molar-refractivity contribution is -0.147. The molecule has 0 bridgehead atoms. The van der Waals surface area contributed by atoms with Crippen molar-refractivity contribution in [3.8, 4) is 11.3 Å². The van der Waals surface area contributed by atoms with Crippen molar-refractivity contribution in [3.63, 3.8) is 0 Å². The van der Waals surface area contributed by atoms with Gasteiger partial charge in [-0.1, -0.05) is 12.1 Å². The summed E-state index contributed by atoms with van der Waals surface area (Å²) in [7, 11) is 0. The third-order valence-electron chi connectivity index (χ3n) is 5.99. The van der Waals surface area contributed by atoms with Gasteiger partial charge in [-0.15, -0.1) is 0 Å². The number of nitrogens with one attached hydrogen (secondary N) is 1. The van der Waals surface area contributed by atoms with Gasteiger partial charge in [0.1, 0.15) is 11.4 Å². The first kappa shape index (κ1) is 18.7. The first-order valence-corrected chi connectivity index (χ1v) is 9.86. The van der Waals surface area contributed by atoms with Crippen LogP contribution in [0.5, 0.6) is 0 Å². The Labute approximate surface area is 163 Å². The van der Waals surface area contributed by atoms with E-state index >= 15 is 0 Å². The Balaban J connectivity index is 1.69. The molecule has 1 N–H and O–H groups in total. The van der Waals surface area contributed by atoms with E-state index in [0.29, 0.717) is 36.2 Å². The summed E-state index contributed by atoms with van der Waals surface area (Å²) in [5.74, 6) is -0.543. The van der Waals surface area contributed by atoms with E-state index in [2.05, 4.69) is 10.2 Å². The maximum Gasteiger partial charge on any atom is 0.258 e. The molecule has 1 atom stereocenters. The van der Waals surface area contributed by atoms with Crippen molar-refractivity contribution in [2.24, 2.45) is 0 Å². The second-order valence-electron chi connectivity index (χ2n) is 7.96. The van der Waals surface area contributed by atoms with E-state index in [4.69, 9.17) is 0 Å². The number of hydrogen-bond acceptors (Lipinski definition) is 3. The zero-order chi connectivity index (χ0) is 19.9. The van der Waals surface area contributed by atoms with Gasteiger partial charge in [-0.3, -0.25) is 14.7 Å². The molecule has 2 aliphatic rings. The average molecular weight is 384 g/mol.